The number of halogens is 1. The number of nitrogens with zero attached hydrogens (tertiary/aromatic N) is 3. The van der Waals surface area contributed by atoms with Crippen LogP contribution >= 0.6 is 23.4 Å². The Kier molecular flexibility index (Phi) is 4.53. The number of nitro benzene ring substituents is 1. The highest BCUT2D eigenvalue weighted by Crippen LogP contribution is 2.37. The third-order valence-electron chi connectivity index (χ3n) is 3.34. The summed E-state index contributed by atoms with van der Waals surface area (Å²) in [6, 6.07) is 4.42. The summed E-state index contributed by atoms with van der Waals surface area (Å²) in [7, 11) is 0. The van der Waals surface area contributed by atoms with Crippen LogP contribution in [0.4, 0.5) is 11.4 Å². The first kappa shape index (κ1) is 15.8. The van der Waals surface area contributed by atoms with Crippen molar-refractivity contribution in [2.75, 3.05) is 11.1 Å². The number of imidazole rings is 1. The lowest BCUT2D eigenvalue weighted by Crippen LogP contribution is -2.15. The molecule has 1 fully saturated rings. The van der Waals surface area contributed by atoms with Crippen molar-refractivity contribution < 1.29 is 9.72 Å². The molecule has 0 unspecified atom stereocenters. The predicted molar refractivity (Wildman–Crippen MR) is 88.0 cm³/mol. The van der Waals surface area contributed by atoms with Gasteiger partial charge in [-0.25, -0.2) is 4.98 Å². The molecule has 0 atom stereocenters. The first-order valence-electron chi connectivity index (χ1n) is 6.94. The second-order valence-electron chi connectivity index (χ2n) is 5.11. The van der Waals surface area contributed by atoms with Crippen LogP contribution in [-0.4, -0.2) is 26.1 Å². The summed E-state index contributed by atoms with van der Waals surface area (Å²) in [5.41, 5.74) is 0.110. The van der Waals surface area contributed by atoms with Gasteiger partial charge >= 0.3 is 0 Å². The van der Waals surface area contributed by atoms with Gasteiger partial charge in [-0.15, -0.1) is 0 Å². The summed E-state index contributed by atoms with van der Waals surface area (Å²) in [5, 5.41) is 14.4. The molecule has 0 saturated heterocycles. The highest BCUT2D eigenvalue weighted by Gasteiger charge is 2.25. The predicted octanol–water partition coefficient (Wildman–Crippen LogP) is 3.51. The number of aromatic nitrogens is 2. The molecule has 0 aliphatic heterocycles. The second kappa shape index (κ2) is 6.59. The Hall–Kier alpha value is -2.06. The molecule has 1 N–H and O–H groups in total. The fourth-order valence-electron chi connectivity index (χ4n) is 2.08. The summed E-state index contributed by atoms with van der Waals surface area (Å²) >= 11 is 7.29. The summed E-state index contributed by atoms with van der Waals surface area (Å²) in [4.78, 5) is 26.5. The van der Waals surface area contributed by atoms with Crippen LogP contribution in [0.1, 0.15) is 18.9 Å². The van der Waals surface area contributed by atoms with Crippen molar-refractivity contribution in [3.63, 3.8) is 0 Å². The molecule has 120 valence electrons. The molecule has 9 heteroatoms. The minimum atomic E-state index is -0.535. The summed E-state index contributed by atoms with van der Waals surface area (Å²) in [5.74, 6) is -0.134. The highest BCUT2D eigenvalue weighted by molar-refractivity contribution is 7.99. The molecule has 1 saturated carbocycles. The SMILES string of the molecule is O=C(CSc1nccn1C1CC1)Nc1cc([N+](=O)[O-])ccc1Cl. The molecule has 7 nitrogen and oxygen atoms in total. The average molecular weight is 353 g/mol. The number of amides is 1. The van der Waals surface area contributed by atoms with E-state index in [1.54, 1.807) is 6.20 Å². The van der Waals surface area contributed by atoms with E-state index >= 15 is 0 Å². The van der Waals surface area contributed by atoms with Crippen LogP contribution in [0.5, 0.6) is 0 Å². The molecule has 1 aromatic heterocycles. The first-order valence-corrected chi connectivity index (χ1v) is 8.30. The van der Waals surface area contributed by atoms with Crippen molar-refractivity contribution >= 4 is 40.6 Å². The number of anilines is 1. The minimum Gasteiger partial charge on any atom is -0.324 e. The number of thioether (sulfide) groups is 1. The van der Waals surface area contributed by atoms with E-state index in [9.17, 15) is 14.9 Å². The van der Waals surface area contributed by atoms with Gasteiger partial charge in [0.1, 0.15) is 0 Å². The van der Waals surface area contributed by atoms with Crippen LogP contribution < -0.4 is 5.32 Å². The summed E-state index contributed by atoms with van der Waals surface area (Å²) in [6.45, 7) is 0. The number of carbonyl (C=O) groups excluding carboxylic acids is 1. The largest absolute Gasteiger partial charge is 0.324 e. The quantitative estimate of drug-likeness (QED) is 0.488. The van der Waals surface area contributed by atoms with Gasteiger partial charge in [-0.2, -0.15) is 0 Å². The topological polar surface area (TPSA) is 90.1 Å². The molecular formula is C14H13ClN4O3S. The van der Waals surface area contributed by atoms with Crippen molar-refractivity contribution in [3.05, 3.63) is 45.7 Å². The van der Waals surface area contributed by atoms with Crippen LogP contribution in [0.25, 0.3) is 0 Å². The van der Waals surface area contributed by atoms with Crippen molar-refractivity contribution in [2.45, 2.75) is 24.0 Å². The Morgan fingerprint density at radius 1 is 1.52 bits per heavy atom. The van der Waals surface area contributed by atoms with Gasteiger partial charge in [0.2, 0.25) is 5.91 Å². The van der Waals surface area contributed by atoms with Crippen molar-refractivity contribution in [1.29, 1.82) is 0 Å². The molecule has 1 heterocycles. The van der Waals surface area contributed by atoms with E-state index in [2.05, 4.69) is 14.9 Å². The summed E-state index contributed by atoms with van der Waals surface area (Å²) < 4.78 is 2.07. The molecule has 2 aromatic rings. The number of rotatable bonds is 6. The van der Waals surface area contributed by atoms with Gasteiger partial charge < -0.3 is 9.88 Å². The normalized spacial score (nSPS) is 13.8. The van der Waals surface area contributed by atoms with Crippen molar-refractivity contribution in [1.82, 2.24) is 9.55 Å². The second-order valence-corrected chi connectivity index (χ2v) is 6.46. The monoisotopic (exact) mass is 352 g/mol. The van der Waals surface area contributed by atoms with Crippen LogP contribution in [-0.2, 0) is 4.79 Å². The maximum Gasteiger partial charge on any atom is 0.271 e. The molecule has 0 bridgehead atoms. The van der Waals surface area contributed by atoms with Crippen molar-refractivity contribution in [3.8, 4) is 0 Å². The maximum atomic E-state index is 12.0. The van der Waals surface area contributed by atoms with E-state index in [0.717, 1.165) is 18.0 Å². The third-order valence-corrected chi connectivity index (χ3v) is 4.65. The van der Waals surface area contributed by atoms with Crippen LogP contribution in [0, 0.1) is 10.1 Å². The van der Waals surface area contributed by atoms with E-state index in [-0.39, 0.29) is 28.1 Å². The molecule has 1 amide bonds. The molecule has 0 radical (unpaired) electrons. The molecule has 1 aliphatic rings. The van der Waals surface area contributed by atoms with E-state index in [0.29, 0.717) is 6.04 Å². The Morgan fingerprint density at radius 2 is 2.30 bits per heavy atom. The van der Waals surface area contributed by atoms with Crippen molar-refractivity contribution in [2.24, 2.45) is 0 Å². The average Bonchev–Trinajstić information content (AvgIpc) is 3.25. The zero-order valence-corrected chi connectivity index (χ0v) is 13.5. The minimum absolute atomic E-state index is 0.123. The molecule has 1 aliphatic carbocycles. The molecular weight excluding hydrogens is 340 g/mol. The van der Waals surface area contributed by atoms with Crippen LogP contribution in [0.3, 0.4) is 0 Å². The standard InChI is InChI=1S/C14H13ClN4O3S/c15-11-4-3-10(19(21)22)7-12(11)17-13(20)8-23-14-16-5-6-18(14)9-1-2-9/h3-7,9H,1-2,8H2,(H,17,20). The Morgan fingerprint density at radius 3 is 3.00 bits per heavy atom. The fraction of sp³-hybridized carbons (Fsp3) is 0.286. The fourth-order valence-corrected chi connectivity index (χ4v) is 3.07. The van der Waals surface area contributed by atoms with Gasteiger partial charge in [0.05, 0.1) is 21.4 Å². The third kappa shape index (κ3) is 3.83. The number of benzene rings is 1. The Labute approximate surface area is 141 Å². The number of hydrogen-bond donors (Lipinski definition) is 1. The number of nitro groups is 1. The van der Waals surface area contributed by atoms with Gasteiger partial charge in [-0.1, -0.05) is 23.4 Å². The summed E-state index contributed by atoms with van der Waals surface area (Å²) in [6.07, 6.45) is 5.91. The van der Waals surface area contributed by atoms with Gasteiger partial charge in [0.15, 0.2) is 5.16 Å². The number of nitrogens with one attached hydrogen (secondary N) is 1. The zero-order chi connectivity index (χ0) is 16.4. The lowest BCUT2D eigenvalue weighted by Gasteiger charge is -2.08. The van der Waals surface area contributed by atoms with Gasteiger partial charge in [-0.05, 0) is 18.9 Å². The lowest BCUT2D eigenvalue weighted by atomic mass is 10.3. The number of carbonyl (C=O) groups is 1. The van der Waals surface area contributed by atoms with E-state index in [4.69, 9.17) is 11.6 Å². The lowest BCUT2D eigenvalue weighted by molar-refractivity contribution is -0.384. The van der Waals surface area contributed by atoms with Crippen LogP contribution in [0.2, 0.25) is 5.02 Å². The maximum absolute atomic E-state index is 12.0. The Bertz CT molecular complexity index is 760. The Balaban J connectivity index is 1.62. The van der Waals surface area contributed by atoms with Gasteiger partial charge in [-0.3, -0.25) is 14.9 Å². The van der Waals surface area contributed by atoms with E-state index in [1.807, 2.05) is 6.20 Å². The van der Waals surface area contributed by atoms with E-state index < -0.39 is 4.92 Å². The van der Waals surface area contributed by atoms with Gasteiger partial charge in [0, 0.05) is 30.6 Å². The first-order chi connectivity index (χ1) is 11.0. The number of hydrogen-bond acceptors (Lipinski definition) is 5. The molecule has 1 aromatic carbocycles. The van der Waals surface area contributed by atoms with Gasteiger partial charge in [0.25, 0.3) is 5.69 Å². The molecule has 23 heavy (non-hydrogen) atoms. The van der Waals surface area contributed by atoms with E-state index in [1.165, 1.54) is 30.0 Å². The smallest absolute Gasteiger partial charge is 0.271 e. The highest BCUT2D eigenvalue weighted by atomic mass is 35.5. The molecule has 0 spiro atoms. The number of non-ortho nitro benzene ring substituents is 1. The molecule has 3 rings (SSSR count). The van der Waals surface area contributed by atoms with Crippen LogP contribution in [0.15, 0.2) is 35.7 Å². The zero-order valence-electron chi connectivity index (χ0n) is 11.9.